The minimum Gasteiger partial charge on any atom is -0.247 e. The van der Waals surface area contributed by atoms with Gasteiger partial charge in [0.15, 0.2) is 17.5 Å². The maximum atomic E-state index is 5.18. The Hall–Kier alpha value is -7.30. The number of fused-ring (bicyclic) bond motifs is 7. The summed E-state index contributed by atoms with van der Waals surface area (Å²) >= 11 is 0. The van der Waals surface area contributed by atoms with E-state index in [0.717, 1.165) is 73.6 Å². The number of hydrogen-bond acceptors (Lipinski definition) is 4. The zero-order chi connectivity index (χ0) is 37.0. The fraction of sp³-hybridized carbons (Fsp3) is 0.0385. The summed E-state index contributed by atoms with van der Waals surface area (Å²) in [5.74, 6) is 1.98. The van der Waals surface area contributed by atoms with Gasteiger partial charge in [-0.25, -0.2) is 19.9 Å². The molecule has 0 spiro atoms. The summed E-state index contributed by atoms with van der Waals surface area (Å²) in [6.07, 6.45) is 6.51. The Balaban J connectivity index is 1.08. The third-order valence-corrected chi connectivity index (χ3v) is 11.1. The van der Waals surface area contributed by atoms with Crippen molar-refractivity contribution in [3.8, 4) is 56.5 Å². The minimum atomic E-state index is 0.646. The van der Waals surface area contributed by atoms with Crippen molar-refractivity contribution in [2.24, 2.45) is 0 Å². The van der Waals surface area contributed by atoms with Crippen molar-refractivity contribution in [1.82, 2.24) is 19.9 Å². The smallest absolute Gasteiger partial charge is 0.164 e. The van der Waals surface area contributed by atoms with Crippen molar-refractivity contribution in [2.45, 2.75) is 12.8 Å². The van der Waals surface area contributed by atoms with Crippen LogP contribution in [0.4, 0.5) is 0 Å². The molecule has 4 nitrogen and oxygen atoms in total. The summed E-state index contributed by atoms with van der Waals surface area (Å²) < 4.78 is 0. The third-order valence-electron chi connectivity index (χ3n) is 11.1. The normalized spacial score (nSPS) is 12.4. The molecule has 0 fully saturated rings. The number of allylic oxidation sites excluding steroid dienone is 1. The van der Waals surface area contributed by atoms with E-state index < -0.39 is 0 Å². The van der Waals surface area contributed by atoms with E-state index in [-0.39, 0.29) is 0 Å². The Morgan fingerprint density at radius 2 is 1.05 bits per heavy atom. The second kappa shape index (κ2) is 13.2. The SMILES string of the molecule is C1=Cc2ccc(-c3nc(-c4cccc(-c5cccc6c5ccc5c(-c7ccccc7)nc7ccccc7c56)c4)nc(-c4ccc5ccccc5c4)n3)cc2CC1. The molecule has 1 aliphatic carbocycles. The van der Waals surface area contributed by atoms with Gasteiger partial charge < -0.3 is 0 Å². The first-order valence-electron chi connectivity index (χ1n) is 19.2. The van der Waals surface area contributed by atoms with Crippen LogP contribution in [-0.4, -0.2) is 19.9 Å². The molecule has 0 N–H and O–H groups in total. The number of pyridine rings is 1. The van der Waals surface area contributed by atoms with Crippen LogP contribution < -0.4 is 0 Å². The lowest BCUT2D eigenvalue weighted by Crippen LogP contribution is -2.01. The molecule has 0 bridgehead atoms. The lowest BCUT2D eigenvalue weighted by atomic mass is 9.91. The topological polar surface area (TPSA) is 51.6 Å². The summed E-state index contributed by atoms with van der Waals surface area (Å²) in [7, 11) is 0. The highest BCUT2D eigenvalue weighted by atomic mass is 15.0. The van der Waals surface area contributed by atoms with Gasteiger partial charge in [-0.05, 0) is 80.9 Å². The van der Waals surface area contributed by atoms with Crippen molar-refractivity contribution in [1.29, 1.82) is 0 Å². The van der Waals surface area contributed by atoms with Gasteiger partial charge >= 0.3 is 0 Å². The van der Waals surface area contributed by atoms with Crippen LogP contribution in [0.15, 0.2) is 176 Å². The Labute approximate surface area is 324 Å². The van der Waals surface area contributed by atoms with Gasteiger partial charge in [0, 0.05) is 38.4 Å². The van der Waals surface area contributed by atoms with E-state index in [0.29, 0.717) is 17.5 Å². The molecule has 10 aromatic rings. The van der Waals surface area contributed by atoms with Gasteiger partial charge in [-0.1, -0.05) is 158 Å². The monoisotopic (exact) mass is 714 g/mol. The average molecular weight is 715 g/mol. The molecule has 4 heteroatoms. The Kier molecular flexibility index (Phi) is 7.59. The Bertz CT molecular complexity index is 3200. The van der Waals surface area contributed by atoms with Gasteiger partial charge in [0.25, 0.3) is 0 Å². The highest BCUT2D eigenvalue weighted by molar-refractivity contribution is 6.24. The molecule has 0 saturated carbocycles. The van der Waals surface area contributed by atoms with Crippen LogP contribution in [0.3, 0.4) is 0 Å². The van der Waals surface area contributed by atoms with E-state index in [1.54, 1.807) is 0 Å². The molecular formula is C52H34N4. The molecule has 56 heavy (non-hydrogen) atoms. The molecule has 0 radical (unpaired) electrons. The van der Waals surface area contributed by atoms with Gasteiger partial charge in [-0.2, -0.15) is 0 Å². The lowest BCUT2D eigenvalue weighted by molar-refractivity contribution is 0.984. The van der Waals surface area contributed by atoms with Crippen molar-refractivity contribution < 1.29 is 0 Å². The van der Waals surface area contributed by atoms with Crippen LogP contribution >= 0.6 is 0 Å². The molecule has 0 saturated heterocycles. The predicted molar refractivity (Wildman–Crippen MR) is 232 cm³/mol. The largest absolute Gasteiger partial charge is 0.247 e. The van der Waals surface area contributed by atoms with Gasteiger partial charge in [0.2, 0.25) is 0 Å². The molecule has 0 amide bonds. The van der Waals surface area contributed by atoms with E-state index in [2.05, 4.69) is 182 Å². The standard InChI is InChI=1S/C52H34N4/c1-2-14-35(15-3-1)49-46-29-28-43-42(21-11-22-44(43)48(46)45-20-8-9-23-47(45)53-49)38-18-10-19-39(32-38)50-54-51(40-26-24-33-12-4-6-16-36(33)30-40)56-52(55-50)41-27-25-34-13-5-7-17-37(34)31-41/h1-6,8-16,18-32H,7,17H2. The highest BCUT2D eigenvalue weighted by Gasteiger charge is 2.18. The van der Waals surface area contributed by atoms with E-state index in [4.69, 9.17) is 19.9 Å². The quantitative estimate of drug-likeness (QED) is 0.167. The first-order chi connectivity index (χ1) is 27.7. The lowest BCUT2D eigenvalue weighted by Gasteiger charge is -2.15. The summed E-state index contributed by atoms with van der Waals surface area (Å²) in [5.41, 5.74) is 10.8. The van der Waals surface area contributed by atoms with Gasteiger partial charge in [0.1, 0.15) is 0 Å². The molecule has 262 valence electrons. The summed E-state index contributed by atoms with van der Waals surface area (Å²) in [6.45, 7) is 0. The molecule has 1 aliphatic rings. The average Bonchev–Trinajstić information content (AvgIpc) is 3.28. The number of nitrogens with zero attached hydrogens (tertiary/aromatic N) is 4. The van der Waals surface area contributed by atoms with Crippen LogP contribution in [0.5, 0.6) is 0 Å². The Morgan fingerprint density at radius 3 is 1.93 bits per heavy atom. The van der Waals surface area contributed by atoms with E-state index in [1.807, 2.05) is 0 Å². The zero-order valence-corrected chi connectivity index (χ0v) is 30.5. The van der Waals surface area contributed by atoms with Crippen molar-refractivity contribution in [3.63, 3.8) is 0 Å². The summed E-state index contributed by atoms with van der Waals surface area (Å²) in [4.78, 5) is 20.6. The fourth-order valence-electron chi connectivity index (χ4n) is 8.37. The van der Waals surface area contributed by atoms with Crippen LogP contribution in [0.2, 0.25) is 0 Å². The molecule has 8 aromatic carbocycles. The number of aromatic nitrogens is 4. The van der Waals surface area contributed by atoms with Crippen LogP contribution in [-0.2, 0) is 6.42 Å². The summed E-state index contributed by atoms with van der Waals surface area (Å²) in [5, 5.41) is 8.23. The third kappa shape index (κ3) is 5.54. The van der Waals surface area contributed by atoms with E-state index in [9.17, 15) is 0 Å². The molecule has 0 aliphatic heterocycles. The number of benzene rings is 8. The van der Waals surface area contributed by atoms with Crippen molar-refractivity contribution >= 4 is 49.3 Å². The second-order valence-corrected chi connectivity index (χ2v) is 14.5. The molecule has 0 atom stereocenters. The number of aryl methyl sites for hydroxylation is 1. The van der Waals surface area contributed by atoms with Crippen molar-refractivity contribution in [2.75, 3.05) is 0 Å². The van der Waals surface area contributed by atoms with Crippen LogP contribution in [0, 0.1) is 0 Å². The molecule has 0 unspecified atom stereocenters. The fourth-order valence-corrected chi connectivity index (χ4v) is 8.37. The minimum absolute atomic E-state index is 0.646. The van der Waals surface area contributed by atoms with Gasteiger partial charge in [-0.3, -0.25) is 0 Å². The predicted octanol–water partition coefficient (Wildman–Crippen LogP) is 13.2. The molecule has 2 aromatic heterocycles. The first kappa shape index (κ1) is 32.2. The first-order valence-corrected chi connectivity index (χ1v) is 19.2. The van der Waals surface area contributed by atoms with Crippen LogP contribution in [0.1, 0.15) is 17.5 Å². The van der Waals surface area contributed by atoms with E-state index >= 15 is 0 Å². The maximum absolute atomic E-state index is 5.18. The van der Waals surface area contributed by atoms with Gasteiger partial charge in [0.05, 0.1) is 11.2 Å². The molecule has 11 rings (SSSR count). The maximum Gasteiger partial charge on any atom is 0.164 e. The van der Waals surface area contributed by atoms with Crippen LogP contribution in [0.25, 0.3) is 106 Å². The number of hydrogen-bond donors (Lipinski definition) is 0. The van der Waals surface area contributed by atoms with Crippen molar-refractivity contribution in [3.05, 3.63) is 187 Å². The highest BCUT2D eigenvalue weighted by Crippen LogP contribution is 2.40. The Morgan fingerprint density at radius 1 is 0.393 bits per heavy atom. The summed E-state index contributed by atoms with van der Waals surface area (Å²) in [6, 6.07) is 60.2. The van der Waals surface area contributed by atoms with Gasteiger partial charge in [-0.15, -0.1) is 0 Å². The zero-order valence-electron chi connectivity index (χ0n) is 30.5. The molecule has 2 heterocycles. The number of rotatable bonds is 5. The second-order valence-electron chi connectivity index (χ2n) is 14.5. The van der Waals surface area contributed by atoms with E-state index in [1.165, 1.54) is 32.7 Å². The molecular weight excluding hydrogens is 681 g/mol. The number of para-hydroxylation sites is 1.